The molecule has 1 aromatic carbocycles. The van der Waals surface area contributed by atoms with E-state index >= 15 is 0 Å². The Labute approximate surface area is 109 Å². The SMILES string of the molecule is COC(=O)c1cc(NC(C)=O)cc(S(=O)(O)=S)c1. The molecule has 1 unspecified atom stereocenters. The molecule has 0 aliphatic carbocycles. The Bertz CT molecular complexity index is 594. The van der Waals surface area contributed by atoms with E-state index < -0.39 is 14.7 Å². The predicted molar refractivity (Wildman–Crippen MR) is 68.5 cm³/mol. The summed E-state index contributed by atoms with van der Waals surface area (Å²) in [6.45, 7) is 1.27. The van der Waals surface area contributed by atoms with Crippen molar-refractivity contribution in [2.45, 2.75) is 11.8 Å². The van der Waals surface area contributed by atoms with Crippen molar-refractivity contribution >= 4 is 37.5 Å². The minimum Gasteiger partial charge on any atom is -0.465 e. The van der Waals surface area contributed by atoms with Crippen LogP contribution in [0.2, 0.25) is 0 Å². The van der Waals surface area contributed by atoms with E-state index in [9.17, 15) is 18.4 Å². The first-order valence-corrected chi connectivity index (χ1v) is 7.16. The zero-order valence-electron chi connectivity index (χ0n) is 9.63. The van der Waals surface area contributed by atoms with Gasteiger partial charge in [0.2, 0.25) is 5.91 Å². The normalized spacial score (nSPS) is 13.5. The average Bonchev–Trinajstić information content (AvgIpc) is 2.25. The van der Waals surface area contributed by atoms with Gasteiger partial charge in [-0.2, -0.15) is 0 Å². The summed E-state index contributed by atoms with van der Waals surface area (Å²) in [6, 6.07) is 3.73. The Kier molecular flexibility index (Phi) is 4.38. The summed E-state index contributed by atoms with van der Waals surface area (Å²) in [5.41, 5.74) is 0.234. The van der Waals surface area contributed by atoms with Crippen molar-refractivity contribution in [2.75, 3.05) is 12.4 Å². The van der Waals surface area contributed by atoms with Crippen LogP contribution >= 0.6 is 0 Å². The highest BCUT2D eigenvalue weighted by Gasteiger charge is 2.14. The molecule has 18 heavy (non-hydrogen) atoms. The van der Waals surface area contributed by atoms with Crippen LogP contribution < -0.4 is 5.32 Å². The quantitative estimate of drug-likeness (QED) is 0.807. The second-order valence-electron chi connectivity index (χ2n) is 3.39. The van der Waals surface area contributed by atoms with Crippen LogP contribution in [0.1, 0.15) is 17.3 Å². The molecular formula is C10H11NO5S2. The Morgan fingerprint density at radius 2 is 2.00 bits per heavy atom. The van der Waals surface area contributed by atoms with Gasteiger partial charge in [-0.15, -0.1) is 0 Å². The van der Waals surface area contributed by atoms with Crippen molar-refractivity contribution in [3.05, 3.63) is 23.8 Å². The minimum absolute atomic E-state index is 0.0328. The molecule has 0 saturated heterocycles. The topological polar surface area (TPSA) is 92.7 Å². The van der Waals surface area contributed by atoms with Gasteiger partial charge in [0.15, 0.2) is 8.77 Å². The van der Waals surface area contributed by atoms with Crippen molar-refractivity contribution in [1.82, 2.24) is 0 Å². The fourth-order valence-corrected chi connectivity index (χ4v) is 2.10. The maximum absolute atomic E-state index is 11.4. The van der Waals surface area contributed by atoms with E-state index in [1.807, 2.05) is 0 Å². The number of nitrogens with one attached hydrogen (secondary N) is 1. The third kappa shape index (κ3) is 3.76. The first-order valence-electron chi connectivity index (χ1n) is 4.72. The predicted octanol–water partition coefficient (Wildman–Crippen LogP) is 1.01. The second kappa shape index (κ2) is 5.42. The minimum atomic E-state index is -3.65. The molecule has 1 rings (SSSR count). The summed E-state index contributed by atoms with van der Waals surface area (Å²) < 4.78 is 25.2. The maximum Gasteiger partial charge on any atom is 0.337 e. The molecule has 2 N–H and O–H groups in total. The smallest absolute Gasteiger partial charge is 0.337 e. The second-order valence-corrected chi connectivity index (χ2v) is 6.17. The standard InChI is InChI=1S/C10H11NO5S2/c1-6(12)11-8-3-7(10(13)16-2)4-9(5-8)18(14,15)17/h3-5H,1-2H3,(H,11,12)(H,14,15,17). The number of methoxy groups -OCH3 is 1. The van der Waals surface area contributed by atoms with Crippen LogP contribution in [-0.2, 0) is 29.5 Å². The monoisotopic (exact) mass is 289 g/mol. The molecule has 1 aromatic rings. The number of benzene rings is 1. The highest BCUT2D eigenvalue weighted by molar-refractivity contribution is 8.29. The number of esters is 1. The molecule has 0 bridgehead atoms. The summed E-state index contributed by atoms with van der Waals surface area (Å²) in [7, 11) is -2.47. The van der Waals surface area contributed by atoms with E-state index in [2.05, 4.69) is 21.2 Å². The van der Waals surface area contributed by atoms with Crippen LogP contribution in [0.25, 0.3) is 0 Å². The number of amides is 1. The van der Waals surface area contributed by atoms with Crippen LogP contribution in [0, 0.1) is 0 Å². The zero-order chi connectivity index (χ0) is 13.9. The van der Waals surface area contributed by atoms with Crippen molar-refractivity contribution in [3.8, 4) is 0 Å². The van der Waals surface area contributed by atoms with Gasteiger partial charge in [0.25, 0.3) is 0 Å². The van der Waals surface area contributed by atoms with Crippen molar-refractivity contribution < 1.29 is 23.1 Å². The van der Waals surface area contributed by atoms with E-state index in [0.717, 1.165) is 6.07 Å². The number of rotatable bonds is 3. The molecule has 1 atom stereocenters. The van der Waals surface area contributed by atoms with Gasteiger partial charge >= 0.3 is 5.97 Å². The summed E-state index contributed by atoms with van der Waals surface area (Å²) in [5, 5.41) is 2.41. The number of hydrogen-bond donors (Lipinski definition) is 2. The molecule has 0 aliphatic heterocycles. The van der Waals surface area contributed by atoms with Crippen molar-refractivity contribution in [2.24, 2.45) is 0 Å². The average molecular weight is 289 g/mol. The summed E-state index contributed by atoms with van der Waals surface area (Å²) in [5.74, 6) is -1.07. The fraction of sp³-hybridized carbons (Fsp3) is 0.200. The van der Waals surface area contributed by atoms with E-state index in [4.69, 9.17) is 0 Å². The molecule has 0 heterocycles. The number of carbonyl (C=O) groups is 2. The first kappa shape index (κ1) is 14.6. The fourth-order valence-electron chi connectivity index (χ4n) is 1.26. The molecule has 0 aliphatic rings. The van der Waals surface area contributed by atoms with Crippen molar-refractivity contribution in [3.63, 3.8) is 0 Å². The molecule has 0 spiro atoms. The highest BCUT2D eigenvalue weighted by Crippen LogP contribution is 2.20. The molecule has 8 heteroatoms. The van der Waals surface area contributed by atoms with E-state index in [0.29, 0.717) is 0 Å². The molecule has 98 valence electrons. The molecule has 0 aromatic heterocycles. The third-order valence-electron chi connectivity index (χ3n) is 1.95. The molecule has 0 saturated carbocycles. The highest BCUT2D eigenvalue weighted by atomic mass is 32.8. The Morgan fingerprint density at radius 3 is 2.44 bits per heavy atom. The summed E-state index contributed by atoms with van der Waals surface area (Å²) in [4.78, 5) is 22.2. The van der Waals surface area contributed by atoms with Gasteiger partial charge in [-0.3, -0.25) is 4.79 Å². The number of carbonyl (C=O) groups excluding carboxylic acids is 2. The van der Waals surface area contributed by atoms with Crippen LogP contribution in [-0.4, -0.2) is 27.7 Å². The molecule has 6 nitrogen and oxygen atoms in total. The van der Waals surface area contributed by atoms with Crippen molar-refractivity contribution in [1.29, 1.82) is 0 Å². The van der Waals surface area contributed by atoms with Crippen LogP contribution in [0.3, 0.4) is 0 Å². The maximum atomic E-state index is 11.4. The van der Waals surface area contributed by atoms with Gasteiger partial charge < -0.3 is 14.6 Å². The van der Waals surface area contributed by atoms with E-state index in [-0.39, 0.29) is 22.1 Å². The Hall–Kier alpha value is -1.51. The van der Waals surface area contributed by atoms with Crippen LogP contribution in [0.5, 0.6) is 0 Å². The van der Waals surface area contributed by atoms with E-state index in [1.165, 1.54) is 26.2 Å². The lowest BCUT2D eigenvalue weighted by molar-refractivity contribution is -0.114. The summed E-state index contributed by atoms with van der Waals surface area (Å²) >= 11 is 4.43. The molecule has 1 amide bonds. The molecular weight excluding hydrogens is 278 g/mol. The van der Waals surface area contributed by atoms with Gasteiger partial charge in [-0.05, 0) is 18.2 Å². The van der Waals surface area contributed by atoms with Crippen LogP contribution in [0.15, 0.2) is 23.1 Å². The third-order valence-corrected chi connectivity index (χ3v) is 3.35. The summed E-state index contributed by atoms with van der Waals surface area (Å²) in [6.07, 6.45) is 0. The van der Waals surface area contributed by atoms with E-state index in [1.54, 1.807) is 0 Å². The van der Waals surface area contributed by atoms with Crippen LogP contribution in [0.4, 0.5) is 5.69 Å². The lowest BCUT2D eigenvalue weighted by Crippen LogP contribution is -2.10. The van der Waals surface area contributed by atoms with Gasteiger partial charge in [-0.25, -0.2) is 9.00 Å². The molecule has 0 fully saturated rings. The Balaban J connectivity index is 3.38. The Morgan fingerprint density at radius 1 is 1.39 bits per heavy atom. The van der Waals surface area contributed by atoms with Gasteiger partial charge in [0.05, 0.1) is 17.6 Å². The number of anilines is 1. The zero-order valence-corrected chi connectivity index (χ0v) is 11.3. The number of hydrogen-bond acceptors (Lipinski definition) is 5. The van der Waals surface area contributed by atoms with Gasteiger partial charge in [-0.1, -0.05) is 0 Å². The van der Waals surface area contributed by atoms with Gasteiger partial charge in [0.1, 0.15) is 0 Å². The first-order chi connectivity index (χ1) is 8.24. The lowest BCUT2D eigenvalue weighted by Gasteiger charge is -2.08. The lowest BCUT2D eigenvalue weighted by atomic mass is 10.2. The molecule has 0 radical (unpaired) electrons. The van der Waals surface area contributed by atoms with Gasteiger partial charge in [0, 0.05) is 23.8 Å². The number of ether oxygens (including phenoxy) is 1. The largest absolute Gasteiger partial charge is 0.465 e.